The van der Waals surface area contributed by atoms with Gasteiger partial charge in [-0.15, -0.1) is 0 Å². The highest BCUT2D eigenvalue weighted by atomic mass is 79.9. The minimum absolute atomic E-state index is 0.638. The number of hydrogen-bond acceptors (Lipinski definition) is 3. The lowest BCUT2D eigenvalue weighted by molar-refractivity contribution is 1.13. The van der Waals surface area contributed by atoms with Crippen LogP contribution in [0.2, 0.25) is 0 Å². The molecule has 1 heterocycles. The van der Waals surface area contributed by atoms with E-state index in [2.05, 4.69) is 55.2 Å². The highest BCUT2D eigenvalue weighted by molar-refractivity contribution is 9.10. The number of nitrogens with two attached hydrogens (primary N) is 1. The van der Waals surface area contributed by atoms with Crippen LogP contribution in [0.5, 0.6) is 0 Å². The van der Waals surface area contributed by atoms with Gasteiger partial charge in [0.2, 0.25) is 0 Å². The molecule has 1 aromatic carbocycles. The van der Waals surface area contributed by atoms with Crippen LogP contribution in [0, 0.1) is 0 Å². The molecule has 0 aliphatic carbocycles. The number of nitrogen functional groups attached to an aromatic ring is 1. The monoisotopic (exact) mass is 369 g/mol. The molecule has 5 heteroatoms. The Bertz CT molecular complexity index is 570. The van der Waals surface area contributed by atoms with E-state index in [9.17, 15) is 0 Å². The van der Waals surface area contributed by atoms with Crippen LogP contribution in [0.1, 0.15) is 12.5 Å². The zero-order valence-corrected chi connectivity index (χ0v) is 13.0. The van der Waals surface area contributed by atoms with E-state index in [1.807, 2.05) is 18.2 Å². The molecular weight excluding hydrogens is 358 g/mol. The fourth-order valence-electron chi connectivity index (χ4n) is 1.65. The maximum absolute atomic E-state index is 5.67. The van der Waals surface area contributed by atoms with Crippen molar-refractivity contribution in [3.63, 3.8) is 0 Å². The standard InChI is InChI=1S/C13H13Br2N3/c1-2-8-5-9(14)3-4-12(8)18-13-11(15)6-10(16)7-17-13/h3-7H,2,16H2,1H3,(H,17,18). The molecule has 2 aromatic rings. The van der Waals surface area contributed by atoms with Crippen LogP contribution >= 0.6 is 31.9 Å². The predicted octanol–water partition coefficient (Wildman–Crippen LogP) is 4.49. The lowest BCUT2D eigenvalue weighted by atomic mass is 10.1. The highest BCUT2D eigenvalue weighted by Crippen LogP contribution is 2.28. The van der Waals surface area contributed by atoms with Crippen LogP contribution in [0.15, 0.2) is 39.4 Å². The normalized spacial score (nSPS) is 10.4. The third-order valence-corrected chi connectivity index (χ3v) is 3.66. The SMILES string of the molecule is CCc1cc(Br)ccc1Nc1ncc(N)cc1Br. The van der Waals surface area contributed by atoms with E-state index in [1.54, 1.807) is 6.20 Å². The van der Waals surface area contributed by atoms with E-state index in [-0.39, 0.29) is 0 Å². The first-order chi connectivity index (χ1) is 8.60. The Morgan fingerprint density at radius 3 is 2.72 bits per heavy atom. The number of aryl methyl sites for hydroxylation is 1. The van der Waals surface area contributed by atoms with E-state index in [0.29, 0.717) is 5.69 Å². The molecule has 2 rings (SSSR count). The fraction of sp³-hybridized carbons (Fsp3) is 0.154. The van der Waals surface area contributed by atoms with E-state index >= 15 is 0 Å². The fourth-order valence-corrected chi connectivity index (χ4v) is 2.52. The second kappa shape index (κ2) is 5.71. The molecule has 1 aromatic heterocycles. The Kier molecular flexibility index (Phi) is 4.24. The molecule has 0 aliphatic rings. The number of anilines is 3. The van der Waals surface area contributed by atoms with Crippen LogP contribution in [0.4, 0.5) is 17.2 Å². The van der Waals surface area contributed by atoms with Crippen LogP contribution < -0.4 is 11.1 Å². The van der Waals surface area contributed by atoms with Gasteiger partial charge in [-0.25, -0.2) is 4.98 Å². The first-order valence-electron chi connectivity index (χ1n) is 5.56. The first kappa shape index (κ1) is 13.4. The molecule has 94 valence electrons. The lowest BCUT2D eigenvalue weighted by Gasteiger charge is -2.12. The van der Waals surface area contributed by atoms with E-state index in [4.69, 9.17) is 5.73 Å². The van der Waals surface area contributed by atoms with E-state index < -0.39 is 0 Å². The highest BCUT2D eigenvalue weighted by Gasteiger charge is 2.06. The van der Waals surface area contributed by atoms with E-state index in [0.717, 1.165) is 26.9 Å². The molecule has 0 saturated heterocycles. The summed E-state index contributed by atoms with van der Waals surface area (Å²) in [6.07, 6.45) is 2.59. The van der Waals surface area contributed by atoms with Crippen LogP contribution in [-0.4, -0.2) is 4.98 Å². The molecule has 0 saturated carbocycles. The topological polar surface area (TPSA) is 50.9 Å². The number of halogens is 2. The van der Waals surface area contributed by atoms with Gasteiger partial charge in [-0.3, -0.25) is 0 Å². The number of rotatable bonds is 3. The number of aromatic nitrogens is 1. The van der Waals surface area contributed by atoms with Crippen LogP contribution in [0.3, 0.4) is 0 Å². The molecule has 3 N–H and O–H groups in total. The lowest BCUT2D eigenvalue weighted by Crippen LogP contribution is -1.99. The molecule has 0 radical (unpaired) electrons. The zero-order valence-electron chi connectivity index (χ0n) is 9.87. The molecule has 0 amide bonds. The second-order valence-corrected chi connectivity index (χ2v) is 5.65. The molecule has 0 spiro atoms. The maximum atomic E-state index is 5.67. The van der Waals surface area contributed by atoms with Crippen molar-refractivity contribution in [1.82, 2.24) is 4.98 Å². The second-order valence-electron chi connectivity index (χ2n) is 3.88. The number of benzene rings is 1. The molecule has 0 fully saturated rings. The average Bonchev–Trinajstić information content (AvgIpc) is 2.34. The number of nitrogens with zero attached hydrogens (tertiary/aromatic N) is 1. The molecular formula is C13H13Br2N3. The van der Waals surface area contributed by atoms with Crippen molar-refractivity contribution in [3.8, 4) is 0 Å². The molecule has 0 atom stereocenters. The average molecular weight is 371 g/mol. The van der Waals surface area contributed by atoms with Gasteiger partial charge in [0.1, 0.15) is 5.82 Å². The summed E-state index contributed by atoms with van der Waals surface area (Å²) in [4.78, 5) is 4.28. The minimum atomic E-state index is 0.638. The van der Waals surface area contributed by atoms with Gasteiger partial charge in [0.15, 0.2) is 0 Å². The molecule has 0 bridgehead atoms. The van der Waals surface area contributed by atoms with Crippen molar-refractivity contribution in [1.29, 1.82) is 0 Å². The summed E-state index contributed by atoms with van der Waals surface area (Å²) in [7, 11) is 0. The molecule has 0 aliphatic heterocycles. The summed E-state index contributed by atoms with van der Waals surface area (Å²) in [6.45, 7) is 2.12. The summed E-state index contributed by atoms with van der Waals surface area (Å²) in [5.74, 6) is 0.765. The summed E-state index contributed by atoms with van der Waals surface area (Å²) in [6, 6.07) is 7.98. The Morgan fingerprint density at radius 1 is 1.28 bits per heavy atom. The largest absolute Gasteiger partial charge is 0.397 e. The number of hydrogen-bond donors (Lipinski definition) is 2. The summed E-state index contributed by atoms with van der Waals surface area (Å²) < 4.78 is 1.93. The first-order valence-corrected chi connectivity index (χ1v) is 7.15. The Hall–Kier alpha value is -1.07. The van der Waals surface area contributed by atoms with Crippen molar-refractivity contribution in [2.45, 2.75) is 13.3 Å². The minimum Gasteiger partial charge on any atom is -0.397 e. The Balaban J connectivity index is 2.33. The van der Waals surface area contributed by atoms with Crippen molar-refractivity contribution in [2.24, 2.45) is 0 Å². The van der Waals surface area contributed by atoms with Gasteiger partial charge in [0.05, 0.1) is 16.4 Å². The van der Waals surface area contributed by atoms with Crippen LogP contribution in [-0.2, 0) is 6.42 Å². The van der Waals surface area contributed by atoms with Gasteiger partial charge >= 0.3 is 0 Å². The van der Waals surface area contributed by atoms with Crippen LogP contribution in [0.25, 0.3) is 0 Å². The summed E-state index contributed by atoms with van der Waals surface area (Å²) >= 11 is 6.93. The van der Waals surface area contributed by atoms with Gasteiger partial charge in [0.25, 0.3) is 0 Å². The van der Waals surface area contributed by atoms with Gasteiger partial charge in [0, 0.05) is 10.2 Å². The van der Waals surface area contributed by atoms with Crippen molar-refractivity contribution in [3.05, 3.63) is 45.0 Å². The van der Waals surface area contributed by atoms with Crippen molar-refractivity contribution < 1.29 is 0 Å². The van der Waals surface area contributed by atoms with Gasteiger partial charge in [-0.2, -0.15) is 0 Å². The van der Waals surface area contributed by atoms with Crippen molar-refractivity contribution in [2.75, 3.05) is 11.1 Å². The van der Waals surface area contributed by atoms with Gasteiger partial charge in [-0.05, 0) is 52.2 Å². The predicted molar refractivity (Wildman–Crippen MR) is 83.2 cm³/mol. The van der Waals surface area contributed by atoms with Gasteiger partial charge in [-0.1, -0.05) is 22.9 Å². The number of pyridine rings is 1. The Morgan fingerprint density at radius 2 is 2.06 bits per heavy atom. The van der Waals surface area contributed by atoms with E-state index in [1.165, 1.54) is 5.56 Å². The molecule has 3 nitrogen and oxygen atoms in total. The third-order valence-electron chi connectivity index (χ3n) is 2.56. The Labute approximate surface area is 123 Å². The van der Waals surface area contributed by atoms with Gasteiger partial charge < -0.3 is 11.1 Å². The molecule has 0 unspecified atom stereocenters. The quantitative estimate of drug-likeness (QED) is 0.836. The third kappa shape index (κ3) is 3.03. The smallest absolute Gasteiger partial charge is 0.144 e. The zero-order chi connectivity index (χ0) is 13.1. The number of nitrogens with one attached hydrogen (secondary N) is 1. The van der Waals surface area contributed by atoms with Crippen molar-refractivity contribution >= 4 is 49.1 Å². The summed E-state index contributed by atoms with van der Waals surface area (Å²) in [5.41, 5.74) is 8.59. The summed E-state index contributed by atoms with van der Waals surface area (Å²) in [5, 5.41) is 3.31. The molecule has 18 heavy (non-hydrogen) atoms. The maximum Gasteiger partial charge on any atom is 0.144 e.